The van der Waals surface area contributed by atoms with E-state index < -0.39 is 0 Å². The fourth-order valence-corrected chi connectivity index (χ4v) is 2.80. The third-order valence-corrected chi connectivity index (χ3v) is 3.87. The van der Waals surface area contributed by atoms with Gasteiger partial charge in [0.25, 0.3) is 0 Å². The van der Waals surface area contributed by atoms with Gasteiger partial charge >= 0.3 is 0 Å². The highest BCUT2D eigenvalue weighted by atomic mass is 16.1. The number of carbonyl (C=O) groups excluding carboxylic acids is 1. The average Bonchev–Trinajstić information content (AvgIpc) is 2.47. The van der Waals surface area contributed by atoms with Crippen molar-refractivity contribution in [2.24, 2.45) is 0 Å². The molecular weight excluding hydrogens is 236 g/mol. The van der Waals surface area contributed by atoms with Gasteiger partial charge in [-0.3, -0.25) is 4.79 Å². The topological polar surface area (TPSA) is 33.2 Å². The zero-order chi connectivity index (χ0) is 13.2. The maximum absolute atomic E-state index is 11.2. The fourth-order valence-electron chi connectivity index (χ4n) is 2.80. The summed E-state index contributed by atoms with van der Waals surface area (Å²) < 4.78 is 0. The van der Waals surface area contributed by atoms with Crippen molar-refractivity contribution in [1.29, 1.82) is 0 Å². The molecule has 0 atom stereocenters. The van der Waals surface area contributed by atoms with Gasteiger partial charge in [-0.15, -0.1) is 0 Å². The van der Waals surface area contributed by atoms with E-state index in [0.29, 0.717) is 5.56 Å². The third kappa shape index (κ3) is 2.21. The molecule has 19 heavy (non-hydrogen) atoms. The molecule has 1 aromatic carbocycles. The number of benzene rings is 1. The third-order valence-electron chi connectivity index (χ3n) is 3.87. The number of rotatable bonds is 2. The van der Waals surface area contributed by atoms with E-state index in [2.05, 4.69) is 17.9 Å². The van der Waals surface area contributed by atoms with Gasteiger partial charge in [-0.1, -0.05) is 12.1 Å². The molecule has 1 aromatic heterocycles. The molecule has 3 heteroatoms. The van der Waals surface area contributed by atoms with Gasteiger partial charge < -0.3 is 4.90 Å². The normalized spacial score (nSPS) is 15.7. The van der Waals surface area contributed by atoms with E-state index in [1.54, 1.807) is 0 Å². The maximum Gasteiger partial charge on any atom is 0.152 e. The Balaban J connectivity index is 2.14. The van der Waals surface area contributed by atoms with Crippen LogP contribution in [0.2, 0.25) is 0 Å². The number of hydrogen-bond acceptors (Lipinski definition) is 3. The summed E-state index contributed by atoms with van der Waals surface area (Å²) in [5.41, 5.74) is 2.70. The Hall–Kier alpha value is -1.90. The average molecular weight is 254 g/mol. The van der Waals surface area contributed by atoms with Crippen molar-refractivity contribution in [3.05, 3.63) is 35.4 Å². The van der Waals surface area contributed by atoms with Crippen molar-refractivity contribution >= 4 is 23.0 Å². The molecule has 1 fully saturated rings. The van der Waals surface area contributed by atoms with Gasteiger partial charge in [-0.25, -0.2) is 4.98 Å². The van der Waals surface area contributed by atoms with E-state index in [-0.39, 0.29) is 0 Å². The van der Waals surface area contributed by atoms with Crippen molar-refractivity contribution in [2.75, 3.05) is 18.0 Å². The van der Waals surface area contributed by atoms with Crippen molar-refractivity contribution in [3.63, 3.8) is 0 Å². The molecule has 0 aliphatic carbocycles. The number of aryl methyl sites for hydroxylation is 1. The first-order chi connectivity index (χ1) is 9.29. The molecule has 0 radical (unpaired) electrons. The summed E-state index contributed by atoms with van der Waals surface area (Å²) in [7, 11) is 0. The van der Waals surface area contributed by atoms with Crippen LogP contribution in [-0.2, 0) is 0 Å². The zero-order valence-electron chi connectivity index (χ0n) is 11.2. The molecule has 2 heterocycles. The molecule has 1 aliphatic rings. The molecule has 0 saturated carbocycles. The Morgan fingerprint density at radius 1 is 1.21 bits per heavy atom. The van der Waals surface area contributed by atoms with E-state index in [1.807, 2.05) is 18.2 Å². The standard InChI is InChI=1S/C16H18N2O/c1-12-10-15(18-8-3-2-4-9-18)17-16-13(11-19)6-5-7-14(12)16/h5-7,10-11H,2-4,8-9H2,1H3. The number of carbonyl (C=O) groups is 1. The van der Waals surface area contributed by atoms with Gasteiger partial charge in [0, 0.05) is 24.0 Å². The summed E-state index contributed by atoms with van der Waals surface area (Å²) in [6.07, 6.45) is 4.67. The molecule has 0 spiro atoms. The summed E-state index contributed by atoms with van der Waals surface area (Å²) >= 11 is 0. The Morgan fingerprint density at radius 3 is 2.74 bits per heavy atom. The Labute approximate surface area is 113 Å². The molecule has 0 amide bonds. The number of nitrogens with zero attached hydrogens (tertiary/aromatic N) is 2. The van der Waals surface area contributed by atoms with Crippen molar-refractivity contribution < 1.29 is 4.79 Å². The van der Waals surface area contributed by atoms with Crippen LogP contribution < -0.4 is 4.90 Å². The molecule has 1 saturated heterocycles. The molecule has 3 rings (SSSR count). The van der Waals surface area contributed by atoms with Crippen LogP contribution in [0.4, 0.5) is 5.82 Å². The van der Waals surface area contributed by atoms with Crippen molar-refractivity contribution in [2.45, 2.75) is 26.2 Å². The lowest BCUT2D eigenvalue weighted by Crippen LogP contribution is -2.30. The number of fused-ring (bicyclic) bond motifs is 1. The molecular formula is C16H18N2O. The Morgan fingerprint density at radius 2 is 2.00 bits per heavy atom. The van der Waals surface area contributed by atoms with Gasteiger partial charge in [-0.05, 0) is 43.9 Å². The second-order valence-electron chi connectivity index (χ2n) is 5.21. The number of aldehydes is 1. The number of anilines is 1. The van der Waals surface area contributed by atoms with Crippen LogP contribution in [0.15, 0.2) is 24.3 Å². The first-order valence-electron chi connectivity index (χ1n) is 6.90. The van der Waals surface area contributed by atoms with Crippen molar-refractivity contribution in [1.82, 2.24) is 4.98 Å². The van der Waals surface area contributed by atoms with Crippen LogP contribution >= 0.6 is 0 Å². The quantitative estimate of drug-likeness (QED) is 0.771. The molecule has 3 nitrogen and oxygen atoms in total. The predicted octanol–water partition coefficient (Wildman–Crippen LogP) is 3.35. The maximum atomic E-state index is 11.2. The Kier molecular flexibility index (Phi) is 3.20. The molecule has 1 aliphatic heterocycles. The summed E-state index contributed by atoms with van der Waals surface area (Å²) in [5, 5.41) is 1.07. The van der Waals surface area contributed by atoms with E-state index in [4.69, 9.17) is 4.98 Å². The number of aromatic nitrogens is 1. The minimum absolute atomic E-state index is 0.680. The first kappa shape index (κ1) is 12.2. The minimum Gasteiger partial charge on any atom is -0.357 e. The molecule has 98 valence electrons. The molecule has 0 bridgehead atoms. The number of para-hydroxylation sites is 1. The predicted molar refractivity (Wildman–Crippen MR) is 77.9 cm³/mol. The summed E-state index contributed by atoms with van der Waals surface area (Å²) in [5.74, 6) is 1.01. The van der Waals surface area contributed by atoms with Gasteiger partial charge in [-0.2, -0.15) is 0 Å². The van der Waals surface area contributed by atoms with Gasteiger partial charge in [0.2, 0.25) is 0 Å². The molecule has 0 unspecified atom stereocenters. The Bertz CT molecular complexity index is 615. The minimum atomic E-state index is 0.680. The highest BCUT2D eigenvalue weighted by molar-refractivity contribution is 5.97. The van der Waals surface area contributed by atoms with Crippen LogP contribution in [0, 0.1) is 6.92 Å². The number of piperidine rings is 1. The second kappa shape index (κ2) is 5.00. The number of hydrogen-bond donors (Lipinski definition) is 0. The van der Waals surface area contributed by atoms with E-state index in [9.17, 15) is 4.79 Å². The SMILES string of the molecule is Cc1cc(N2CCCCC2)nc2c(C=O)cccc12. The second-order valence-corrected chi connectivity index (χ2v) is 5.21. The lowest BCUT2D eigenvalue weighted by Gasteiger charge is -2.28. The van der Waals surface area contributed by atoms with Crippen LogP contribution in [-0.4, -0.2) is 24.4 Å². The fraction of sp³-hybridized carbons (Fsp3) is 0.375. The lowest BCUT2D eigenvalue weighted by molar-refractivity contribution is 0.112. The monoisotopic (exact) mass is 254 g/mol. The summed E-state index contributed by atoms with van der Waals surface area (Å²) in [6, 6.07) is 7.93. The van der Waals surface area contributed by atoms with Crippen LogP contribution in [0.5, 0.6) is 0 Å². The summed E-state index contributed by atoms with van der Waals surface area (Å²) in [4.78, 5) is 18.2. The van der Waals surface area contributed by atoms with Gasteiger partial charge in [0.05, 0.1) is 5.52 Å². The summed E-state index contributed by atoms with van der Waals surface area (Å²) in [6.45, 7) is 4.23. The van der Waals surface area contributed by atoms with Crippen LogP contribution in [0.25, 0.3) is 10.9 Å². The lowest BCUT2D eigenvalue weighted by atomic mass is 10.1. The van der Waals surface area contributed by atoms with E-state index in [1.165, 1.54) is 24.8 Å². The molecule has 0 N–H and O–H groups in total. The highest BCUT2D eigenvalue weighted by Crippen LogP contribution is 2.26. The first-order valence-corrected chi connectivity index (χ1v) is 6.90. The van der Waals surface area contributed by atoms with Crippen LogP contribution in [0.3, 0.4) is 0 Å². The van der Waals surface area contributed by atoms with Gasteiger partial charge in [0.15, 0.2) is 6.29 Å². The smallest absolute Gasteiger partial charge is 0.152 e. The molecule has 2 aromatic rings. The number of pyridine rings is 1. The zero-order valence-corrected chi connectivity index (χ0v) is 11.2. The van der Waals surface area contributed by atoms with Crippen LogP contribution in [0.1, 0.15) is 35.2 Å². The van der Waals surface area contributed by atoms with E-state index >= 15 is 0 Å². The highest BCUT2D eigenvalue weighted by Gasteiger charge is 2.14. The van der Waals surface area contributed by atoms with Gasteiger partial charge in [0.1, 0.15) is 5.82 Å². The van der Waals surface area contributed by atoms with Crippen molar-refractivity contribution in [3.8, 4) is 0 Å². The van der Waals surface area contributed by atoms with E-state index in [0.717, 1.165) is 36.1 Å². The largest absolute Gasteiger partial charge is 0.357 e.